The van der Waals surface area contributed by atoms with E-state index in [9.17, 15) is 14.4 Å². The lowest BCUT2D eigenvalue weighted by Crippen LogP contribution is -2.58. The highest BCUT2D eigenvalue weighted by Gasteiger charge is 2.56. The Kier molecular flexibility index (Phi) is 7.37. The molecular weight excluding hydrogens is 416 g/mol. The Labute approximate surface area is 197 Å². The quantitative estimate of drug-likeness (QED) is 0.613. The molecule has 4 amide bonds. The molecule has 3 aliphatic rings. The molecule has 0 saturated carbocycles. The third-order valence-corrected chi connectivity index (χ3v) is 7.90. The highest BCUT2D eigenvalue weighted by molar-refractivity contribution is 6.07. The van der Waals surface area contributed by atoms with Gasteiger partial charge >= 0.3 is 6.03 Å². The van der Waals surface area contributed by atoms with Crippen LogP contribution in [-0.2, 0) is 16.0 Å². The fourth-order valence-electron chi connectivity index (χ4n) is 5.63. The molecule has 1 aromatic carbocycles. The van der Waals surface area contributed by atoms with E-state index in [4.69, 9.17) is 0 Å². The Bertz CT molecular complexity index is 846. The molecule has 3 saturated heterocycles. The minimum atomic E-state index is -0.936. The summed E-state index contributed by atoms with van der Waals surface area (Å²) in [5.41, 5.74) is 0.111. The van der Waals surface area contributed by atoms with Gasteiger partial charge in [0.1, 0.15) is 5.54 Å². The van der Waals surface area contributed by atoms with Crippen molar-refractivity contribution in [3.63, 3.8) is 0 Å². The molecule has 7 heteroatoms. The zero-order valence-corrected chi connectivity index (χ0v) is 20.1. The van der Waals surface area contributed by atoms with Crippen molar-refractivity contribution in [2.75, 3.05) is 39.3 Å². The van der Waals surface area contributed by atoms with E-state index in [1.54, 1.807) is 0 Å². The number of benzene rings is 1. The Morgan fingerprint density at radius 1 is 1.06 bits per heavy atom. The average Bonchev–Trinajstić information content (AvgIpc) is 3.44. The van der Waals surface area contributed by atoms with E-state index in [0.717, 1.165) is 44.5 Å². The second kappa shape index (κ2) is 10.2. The molecule has 0 aromatic heterocycles. The maximum absolute atomic E-state index is 13.9. The lowest BCUT2D eigenvalue weighted by Gasteiger charge is -2.41. The van der Waals surface area contributed by atoms with Crippen LogP contribution in [0.15, 0.2) is 30.3 Å². The fraction of sp³-hybridized carbons (Fsp3) is 0.654. The number of amides is 4. The smallest absolute Gasteiger partial charge is 0.325 e. The number of imide groups is 1. The van der Waals surface area contributed by atoms with E-state index < -0.39 is 5.54 Å². The topological polar surface area (TPSA) is 73.0 Å². The van der Waals surface area contributed by atoms with E-state index >= 15 is 0 Å². The summed E-state index contributed by atoms with van der Waals surface area (Å²) in [7, 11) is 0. The molecule has 1 N–H and O–H groups in total. The van der Waals surface area contributed by atoms with Gasteiger partial charge in [-0.1, -0.05) is 44.2 Å². The van der Waals surface area contributed by atoms with Crippen LogP contribution in [0.3, 0.4) is 0 Å². The second-order valence-electron chi connectivity index (χ2n) is 9.98. The second-order valence-corrected chi connectivity index (χ2v) is 9.98. The first-order chi connectivity index (χ1) is 15.9. The maximum Gasteiger partial charge on any atom is 0.325 e. The molecule has 2 atom stereocenters. The summed E-state index contributed by atoms with van der Waals surface area (Å²) >= 11 is 0. The van der Waals surface area contributed by atoms with Crippen LogP contribution in [0.2, 0.25) is 0 Å². The van der Waals surface area contributed by atoms with Gasteiger partial charge < -0.3 is 15.1 Å². The number of rotatable bonds is 8. The van der Waals surface area contributed by atoms with Crippen LogP contribution < -0.4 is 5.32 Å². The van der Waals surface area contributed by atoms with Gasteiger partial charge in [0.25, 0.3) is 5.91 Å². The van der Waals surface area contributed by atoms with Gasteiger partial charge in [-0.05, 0) is 56.7 Å². The normalized spacial score (nSPS) is 25.5. The van der Waals surface area contributed by atoms with Gasteiger partial charge in [0.2, 0.25) is 5.91 Å². The molecule has 0 radical (unpaired) electrons. The SMILES string of the molecule is CC[C@@H](C)C(=O)N1CCC([C@@]2(Cc3ccccc3)NC(=O)N(CCN3CCCC3)C2=O)CC1. The Balaban J connectivity index is 1.52. The van der Waals surface area contributed by atoms with Gasteiger partial charge in [-0.2, -0.15) is 0 Å². The fourth-order valence-corrected chi connectivity index (χ4v) is 5.63. The Morgan fingerprint density at radius 3 is 2.36 bits per heavy atom. The summed E-state index contributed by atoms with van der Waals surface area (Å²) in [5.74, 6) is 0.130. The van der Waals surface area contributed by atoms with Gasteiger partial charge in [-0.15, -0.1) is 0 Å². The van der Waals surface area contributed by atoms with Crippen molar-refractivity contribution in [3.05, 3.63) is 35.9 Å². The molecule has 7 nitrogen and oxygen atoms in total. The van der Waals surface area contributed by atoms with Gasteiger partial charge in [0.05, 0.1) is 0 Å². The zero-order valence-electron chi connectivity index (χ0n) is 20.1. The molecular formula is C26H38N4O3. The molecule has 180 valence electrons. The monoisotopic (exact) mass is 454 g/mol. The largest absolute Gasteiger partial charge is 0.342 e. The van der Waals surface area contributed by atoms with E-state index in [2.05, 4.69) is 10.2 Å². The van der Waals surface area contributed by atoms with Gasteiger partial charge in [-0.3, -0.25) is 14.5 Å². The highest BCUT2D eigenvalue weighted by atomic mass is 16.2. The van der Waals surface area contributed by atoms with E-state index in [1.807, 2.05) is 49.1 Å². The van der Waals surface area contributed by atoms with Crippen LogP contribution in [0, 0.1) is 11.8 Å². The number of hydrogen-bond donors (Lipinski definition) is 1. The molecule has 0 bridgehead atoms. The van der Waals surface area contributed by atoms with Crippen molar-refractivity contribution >= 4 is 17.8 Å². The minimum absolute atomic E-state index is 0.00641. The van der Waals surface area contributed by atoms with Gasteiger partial charge in [-0.25, -0.2) is 4.79 Å². The van der Waals surface area contributed by atoms with Crippen molar-refractivity contribution < 1.29 is 14.4 Å². The van der Waals surface area contributed by atoms with Crippen molar-refractivity contribution in [1.29, 1.82) is 0 Å². The van der Waals surface area contributed by atoms with E-state index in [0.29, 0.717) is 26.1 Å². The lowest BCUT2D eigenvalue weighted by atomic mass is 9.73. The minimum Gasteiger partial charge on any atom is -0.342 e. The van der Waals surface area contributed by atoms with Crippen molar-refractivity contribution in [1.82, 2.24) is 20.0 Å². The first-order valence-corrected chi connectivity index (χ1v) is 12.6. The van der Waals surface area contributed by atoms with Crippen LogP contribution in [0.4, 0.5) is 4.79 Å². The molecule has 0 aliphatic carbocycles. The Morgan fingerprint density at radius 2 is 1.73 bits per heavy atom. The van der Waals surface area contributed by atoms with Crippen LogP contribution in [0.25, 0.3) is 0 Å². The molecule has 4 rings (SSSR count). The molecule has 3 fully saturated rings. The van der Waals surface area contributed by atoms with E-state index in [1.165, 1.54) is 17.7 Å². The number of carbonyl (C=O) groups is 3. The first-order valence-electron chi connectivity index (χ1n) is 12.6. The third-order valence-electron chi connectivity index (χ3n) is 7.90. The molecule has 33 heavy (non-hydrogen) atoms. The molecule has 0 unspecified atom stereocenters. The summed E-state index contributed by atoms with van der Waals surface area (Å²) in [4.78, 5) is 45.3. The summed E-state index contributed by atoms with van der Waals surface area (Å²) in [5, 5.41) is 3.15. The standard InChI is InChI=1S/C26H38N4O3/c1-3-20(2)23(31)29-15-11-22(12-16-29)26(19-21-9-5-4-6-10-21)24(32)30(25(33)27-26)18-17-28-13-7-8-14-28/h4-6,9-10,20,22H,3,7-8,11-19H2,1-2H3,(H,27,33)/t20-,26-/m1/s1. The molecule has 1 aromatic rings. The molecule has 3 heterocycles. The van der Waals surface area contributed by atoms with Crippen LogP contribution in [0.5, 0.6) is 0 Å². The Hall–Kier alpha value is -2.41. The van der Waals surface area contributed by atoms with Crippen LogP contribution >= 0.6 is 0 Å². The lowest BCUT2D eigenvalue weighted by molar-refractivity contribution is -0.138. The number of carbonyl (C=O) groups excluding carboxylic acids is 3. The molecule has 0 spiro atoms. The van der Waals surface area contributed by atoms with Gasteiger partial charge in [0.15, 0.2) is 0 Å². The maximum atomic E-state index is 13.9. The van der Waals surface area contributed by atoms with Crippen LogP contribution in [-0.4, -0.2) is 77.4 Å². The average molecular weight is 455 g/mol. The predicted octanol–water partition coefficient (Wildman–Crippen LogP) is 2.90. The highest BCUT2D eigenvalue weighted by Crippen LogP contribution is 2.37. The number of nitrogens with one attached hydrogen (secondary N) is 1. The van der Waals surface area contributed by atoms with Crippen LogP contribution in [0.1, 0.15) is 51.5 Å². The van der Waals surface area contributed by atoms with Crippen molar-refractivity contribution in [3.8, 4) is 0 Å². The number of nitrogens with zero attached hydrogens (tertiary/aromatic N) is 3. The number of likely N-dealkylation sites (tertiary alicyclic amines) is 2. The number of piperidine rings is 1. The van der Waals surface area contributed by atoms with Gasteiger partial charge in [0, 0.05) is 38.5 Å². The summed E-state index contributed by atoms with van der Waals surface area (Å²) in [6.45, 7) is 8.55. The number of urea groups is 1. The summed E-state index contributed by atoms with van der Waals surface area (Å²) in [6.07, 6.45) is 5.14. The summed E-state index contributed by atoms with van der Waals surface area (Å²) in [6, 6.07) is 9.69. The number of hydrogen-bond acceptors (Lipinski definition) is 4. The van der Waals surface area contributed by atoms with Crippen molar-refractivity contribution in [2.24, 2.45) is 11.8 Å². The summed E-state index contributed by atoms with van der Waals surface area (Å²) < 4.78 is 0. The predicted molar refractivity (Wildman–Crippen MR) is 128 cm³/mol. The first kappa shape index (κ1) is 23.7. The molecule has 3 aliphatic heterocycles. The zero-order chi connectivity index (χ0) is 23.4. The van der Waals surface area contributed by atoms with Crippen molar-refractivity contribution in [2.45, 2.75) is 57.9 Å². The van der Waals surface area contributed by atoms with E-state index in [-0.39, 0.29) is 29.7 Å². The third kappa shape index (κ3) is 4.93.